The van der Waals surface area contributed by atoms with E-state index in [0.717, 1.165) is 17.2 Å². The highest BCUT2D eigenvalue weighted by molar-refractivity contribution is 5.78. The van der Waals surface area contributed by atoms with Crippen molar-refractivity contribution in [3.8, 4) is 0 Å². The van der Waals surface area contributed by atoms with Crippen molar-refractivity contribution in [2.75, 3.05) is 19.6 Å². The number of aliphatic hydroxyl groups is 1. The van der Waals surface area contributed by atoms with E-state index in [4.69, 9.17) is 0 Å². The van der Waals surface area contributed by atoms with Crippen molar-refractivity contribution in [3.63, 3.8) is 0 Å². The summed E-state index contributed by atoms with van der Waals surface area (Å²) >= 11 is 0. The van der Waals surface area contributed by atoms with Crippen LogP contribution in [0.3, 0.4) is 0 Å². The summed E-state index contributed by atoms with van der Waals surface area (Å²) in [6.07, 6.45) is 0.313. The molecule has 1 fully saturated rings. The molecule has 0 aliphatic carbocycles. The zero-order chi connectivity index (χ0) is 18.5. The minimum atomic E-state index is -0.533. The van der Waals surface area contributed by atoms with Crippen LogP contribution in [0, 0.1) is 5.82 Å². The average Bonchev–Trinajstić information content (AvgIpc) is 3.07. The molecule has 5 nitrogen and oxygen atoms in total. The van der Waals surface area contributed by atoms with Gasteiger partial charge in [0.25, 0.3) is 5.91 Å². The number of halogens is 1. The Morgan fingerprint density at radius 1 is 1.19 bits per heavy atom. The molecule has 0 aromatic heterocycles. The molecule has 2 aromatic rings. The fourth-order valence-electron chi connectivity index (χ4n) is 3.25. The molecule has 1 heterocycles. The molecule has 0 saturated carbocycles. The smallest absolute Gasteiger partial charge is 0.250 e. The monoisotopic (exact) mass is 358 g/mol. The van der Waals surface area contributed by atoms with Crippen LogP contribution in [-0.2, 0) is 11.2 Å². The Balaban J connectivity index is 1.74. The second-order valence-electron chi connectivity index (χ2n) is 6.67. The van der Waals surface area contributed by atoms with E-state index in [1.807, 2.05) is 35.2 Å². The van der Waals surface area contributed by atoms with Gasteiger partial charge in [0.2, 0.25) is 0 Å². The molecule has 1 saturated heterocycles. The van der Waals surface area contributed by atoms with Crippen molar-refractivity contribution in [1.29, 1.82) is 0 Å². The average molecular weight is 358 g/mol. The van der Waals surface area contributed by atoms with Gasteiger partial charge in [0, 0.05) is 19.6 Å². The molecule has 1 aliphatic rings. The highest BCUT2D eigenvalue weighted by Crippen LogP contribution is 2.23. The van der Waals surface area contributed by atoms with Gasteiger partial charge in [-0.1, -0.05) is 42.5 Å². The topological polar surface area (TPSA) is 64.0 Å². The van der Waals surface area contributed by atoms with Crippen LogP contribution < -0.4 is 0 Å². The van der Waals surface area contributed by atoms with Crippen molar-refractivity contribution in [2.24, 2.45) is 0 Å². The normalized spacial score (nSPS) is 18.7. The molecule has 0 radical (unpaired) electrons. The van der Waals surface area contributed by atoms with Crippen LogP contribution in [0.25, 0.3) is 0 Å². The van der Waals surface area contributed by atoms with Gasteiger partial charge in [0.05, 0.1) is 18.6 Å². The van der Waals surface area contributed by atoms with Gasteiger partial charge in [0.15, 0.2) is 0 Å². The van der Waals surface area contributed by atoms with Crippen LogP contribution in [0.5, 0.6) is 0 Å². The molecule has 6 heteroatoms. The quantitative estimate of drug-likeness (QED) is 0.615. The number of hydroxylamine groups is 2. The largest absolute Gasteiger partial charge is 0.392 e. The van der Waals surface area contributed by atoms with Crippen LogP contribution in [0.15, 0.2) is 54.6 Å². The second kappa shape index (κ2) is 8.40. The third-order valence-electron chi connectivity index (χ3n) is 4.68. The molecule has 2 aromatic carbocycles. The molecule has 2 atom stereocenters. The number of amides is 1. The Labute approximate surface area is 152 Å². The molecule has 26 heavy (non-hydrogen) atoms. The van der Waals surface area contributed by atoms with Crippen LogP contribution >= 0.6 is 0 Å². The first kappa shape index (κ1) is 18.5. The van der Waals surface area contributed by atoms with Crippen molar-refractivity contribution in [2.45, 2.75) is 25.0 Å². The van der Waals surface area contributed by atoms with Gasteiger partial charge in [-0.3, -0.25) is 14.9 Å². The molecule has 0 spiro atoms. The Bertz CT molecular complexity index is 724. The van der Waals surface area contributed by atoms with Crippen LogP contribution in [-0.4, -0.2) is 51.9 Å². The molecular formula is C20H23FN2O3. The van der Waals surface area contributed by atoms with E-state index in [9.17, 15) is 19.5 Å². The van der Waals surface area contributed by atoms with E-state index < -0.39 is 11.9 Å². The summed E-state index contributed by atoms with van der Waals surface area (Å²) in [7, 11) is 0. The number of likely N-dealkylation sites (tertiary alicyclic amines) is 1. The fraction of sp³-hybridized carbons (Fsp3) is 0.350. The van der Waals surface area contributed by atoms with Gasteiger partial charge in [-0.15, -0.1) is 0 Å². The van der Waals surface area contributed by atoms with E-state index in [0.29, 0.717) is 25.1 Å². The SMILES string of the molecule is O=C(Cc1ccc(F)cc1)N(O)C(CN1CCC(O)C1)c1ccccc1. The number of hydrogen-bond donors (Lipinski definition) is 2. The van der Waals surface area contributed by atoms with Crippen LogP contribution in [0.2, 0.25) is 0 Å². The summed E-state index contributed by atoms with van der Waals surface area (Å²) in [5.74, 6) is -0.818. The first-order valence-electron chi connectivity index (χ1n) is 8.73. The maximum absolute atomic E-state index is 13.0. The lowest BCUT2D eigenvalue weighted by Crippen LogP contribution is -2.40. The Morgan fingerprint density at radius 2 is 1.88 bits per heavy atom. The van der Waals surface area contributed by atoms with Crippen LogP contribution in [0.4, 0.5) is 4.39 Å². The summed E-state index contributed by atoms with van der Waals surface area (Å²) in [5, 5.41) is 21.1. The minimum Gasteiger partial charge on any atom is -0.392 e. The maximum atomic E-state index is 13.0. The zero-order valence-corrected chi connectivity index (χ0v) is 14.5. The van der Waals surface area contributed by atoms with E-state index >= 15 is 0 Å². The third-order valence-corrected chi connectivity index (χ3v) is 4.68. The number of aliphatic hydroxyl groups excluding tert-OH is 1. The zero-order valence-electron chi connectivity index (χ0n) is 14.5. The number of benzene rings is 2. The van der Waals surface area contributed by atoms with E-state index in [-0.39, 0.29) is 18.3 Å². The first-order chi connectivity index (χ1) is 12.5. The highest BCUT2D eigenvalue weighted by Gasteiger charge is 2.29. The molecule has 2 unspecified atom stereocenters. The second-order valence-corrected chi connectivity index (χ2v) is 6.67. The summed E-state index contributed by atoms with van der Waals surface area (Å²) < 4.78 is 13.0. The Hall–Kier alpha value is -2.28. The molecular weight excluding hydrogens is 335 g/mol. The van der Waals surface area contributed by atoms with Crippen molar-refractivity contribution >= 4 is 5.91 Å². The Morgan fingerprint density at radius 3 is 2.50 bits per heavy atom. The number of nitrogens with zero attached hydrogens (tertiary/aromatic N) is 2. The van der Waals surface area contributed by atoms with Gasteiger partial charge < -0.3 is 5.11 Å². The van der Waals surface area contributed by atoms with E-state index in [1.165, 1.54) is 24.3 Å². The summed E-state index contributed by atoms with van der Waals surface area (Å²) in [6, 6.07) is 14.5. The lowest BCUT2D eigenvalue weighted by molar-refractivity contribution is -0.177. The predicted octanol–water partition coefficient (Wildman–Crippen LogP) is 2.39. The lowest BCUT2D eigenvalue weighted by atomic mass is 10.0. The van der Waals surface area contributed by atoms with E-state index in [2.05, 4.69) is 0 Å². The number of hydrogen-bond acceptors (Lipinski definition) is 4. The van der Waals surface area contributed by atoms with Crippen molar-refractivity contribution < 1.29 is 19.5 Å². The van der Waals surface area contributed by atoms with Gasteiger partial charge >= 0.3 is 0 Å². The fourth-order valence-corrected chi connectivity index (χ4v) is 3.25. The molecule has 2 N–H and O–H groups in total. The number of rotatable bonds is 6. The lowest BCUT2D eigenvalue weighted by Gasteiger charge is -2.30. The third kappa shape index (κ3) is 4.66. The number of β-amino-alcohol motifs (C(OH)–C–C–N with tert-alkyl or cyclic N) is 1. The molecule has 0 bridgehead atoms. The van der Waals surface area contributed by atoms with Gasteiger partial charge in [-0.25, -0.2) is 9.45 Å². The number of carbonyl (C=O) groups is 1. The van der Waals surface area contributed by atoms with Crippen molar-refractivity contribution in [3.05, 3.63) is 71.5 Å². The predicted molar refractivity (Wildman–Crippen MR) is 95.0 cm³/mol. The van der Waals surface area contributed by atoms with Crippen molar-refractivity contribution in [1.82, 2.24) is 9.96 Å². The van der Waals surface area contributed by atoms with Crippen LogP contribution in [0.1, 0.15) is 23.6 Å². The molecule has 3 rings (SSSR count). The van der Waals surface area contributed by atoms with Gasteiger partial charge in [0.1, 0.15) is 5.82 Å². The van der Waals surface area contributed by atoms with Gasteiger partial charge in [-0.2, -0.15) is 0 Å². The summed E-state index contributed by atoms with van der Waals surface area (Å²) in [5.41, 5.74) is 1.46. The number of carbonyl (C=O) groups excluding carboxylic acids is 1. The highest BCUT2D eigenvalue weighted by atomic mass is 19.1. The molecule has 138 valence electrons. The molecule has 1 aliphatic heterocycles. The summed E-state index contributed by atoms with van der Waals surface area (Å²) in [4.78, 5) is 14.6. The van der Waals surface area contributed by atoms with E-state index in [1.54, 1.807) is 0 Å². The Kier molecular flexibility index (Phi) is 5.98. The maximum Gasteiger partial charge on any atom is 0.250 e. The minimum absolute atomic E-state index is 0.0112. The molecule has 1 amide bonds. The standard InChI is InChI=1S/C20H23FN2O3/c21-17-8-6-15(7-9-17)12-20(25)23(26)19(16-4-2-1-3-5-16)14-22-11-10-18(24)13-22/h1-9,18-19,24,26H,10-14H2. The summed E-state index contributed by atoms with van der Waals surface area (Å²) in [6.45, 7) is 1.69. The first-order valence-corrected chi connectivity index (χ1v) is 8.73. The van der Waals surface area contributed by atoms with Gasteiger partial charge in [-0.05, 0) is 29.7 Å².